The van der Waals surface area contributed by atoms with E-state index in [1.165, 1.54) is 12.0 Å². The van der Waals surface area contributed by atoms with Crippen LogP contribution >= 0.6 is 0 Å². The predicted molar refractivity (Wildman–Crippen MR) is 116 cm³/mol. The second-order valence-electron chi connectivity index (χ2n) is 9.13. The maximum Gasteiger partial charge on any atom is 0.408 e. The lowest BCUT2D eigenvalue weighted by Gasteiger charge is -2.46. The largest absolute Gasteiger partial charge is 0.481 e. The molecule has 1 unspecified atom stereocenters. The van der Waals surface area contributed by atoms with Crippen molar-refractivity contribution < 1.29 is 29.2 Å². The molecule has 32 heavy (non-hydrogen) atoms. The molecule has 1 aliphatic rings. The number of halogens is 1. The van der Waals surface area contributed by atoms with Crippen molar-refractivity contribution in [2.24, 2.45) is 0 Å². The van der Waals surface area contributed by atoms with Gasteiger partial charge in [-0.15, -0.1) is 0 Å². The molecule has 3 heterocycles. The summed E-state index contributed by atoms with van der Waals surface area (Å²) in [5.41, 5.74) is 0.400. The van der Waals surface area contributed by atoms with E-state index in [0.717, 1.165) is 6.20 Å². The molecule has 1 amide bonds. The number of aliphatic hydroxyl groups is 2. The Morgan fingerprint density at radius 2 is 2.12 bits per heavy atom. The molecule has 1 saturated heterocycles. The van der Waals surface area contributed by atoms with Gasteiger partial charge in [0.05, 0.1) is 43.1 Å². The molecule has 0 spiro atoms. The molecule has 0 radical (unpaired) electrons. The summed E-state index contributed by atoms with van der Waals surface area (Å²) >= 11 is 0. The van der Waals surface area contributed by atoms with Crippen LogP contribution in [-0.4, -0.2) is 92.2 Å². The van der Waals surface area contributed by atoms with Crippen LogP contribution in [0.1, 0.15) is 38.7 Å². The zero-order valence-corrected chi connectivity index (χ0v) is 18.8. The number of fused-ring (bicyclic) bond motifs is 1. The third-order valence-electron chi connectivity index (χ3n) is 5.89. The molecule has 3 rings (SSSR count). The van der Waals surface area contributed by atoms with Crippen molar-refractivity contribution in [1.82, 2.24) is 19.8 Å². The van der Waals surface area contributed by atoms with Crippen molar-refractivity contribution in [3.63, 3.8) is 0 Å². The number of hydrogen-bond donors (Lipinski definition) is 3. The van der Waals surface area contributed by atoms with Crippen LogP contribution in [-0.2, 0) is 0 Å². The lowest BCUT2D eigenvalue weighted by atomic mass is 9.92. The number of likely N-dealkylation sites (tertiary alicyclic amines) is 1. The molecule has 3 atom stereocenters. The van der Waals surface area contributed by atoms with E-state index in [2.05, 4.69) is 9.97 Å². The number of nitrogens with zero attached hydrogens (tertiary/aromatic N) is 4. The topological polar surface area (TPSA) is 119 Å². The first-order valence-electron chi connectivity index (χ1n) is 10.6. The first kappa shape index (κ1) is 24.1. The molecule has 176 valence electrons. The van der Waals surface area contributed by atoms with Gasteiger partial charge < -0.3 is 20.1 Å². The number of aromatic nitrogens is 2. The van der Waals surface area contributed by atoms with Crippen molar-refractivity contribution in [2.45, 2.75) is 50.8 Å². The molecule has 9 nitrogen and oxygen atoms in total. The summed E-state index contributed by atoms with van der Waals surface area (Å²) in [4.78, 5) is 23.4. The van der Waals surface area contributed by atoms with Gasteiger partial charge >= 0.3 is 6.09 Å². The Balaban J connectivity index is 1.82. The van der Waals surface area contributed by atoms with Crippen LogP contribution in [0.15, 0.2) is 18.3 Å². The Morgan fingerprint density at radius 3 is 2.69 bits per heavy atom. The van der Waals surface area contributed by atoms with Gasteiger partial charge in [-0.3, -0.25) is 14.8 Å². The summed E-state index contributed by atoms with van der Waals surface area (Å²) in [5.74, 6) is -0.866. The van der Waals surface area contributed by atoms with E-state index in [4.69, 9.17) is 4.74 Å². The van der Waals surface area contributed by atoms with E-state index in [0.29, 0.717) is 29.9 Å². The fourth-order valence-electron chi connectivity index (χ4n) is 4.48. The van der Waals surface area contributed by atoms with E-state index >= 15 is 0 Å². The smallest absolute Gasteiger partial charge is 0.408 e. The van der Waals surface area contributed by atoms with Gasteiger partial charge in [-0.1, -0.05) is 0 Å². The van der Waals surface area contributed by atoms with E-state index in [1.54, 1.807) is 32.9 Å². The second kappa shape index (κ2) is 9.51. The summed E-state index contributed by atoms with van der Waals surface area (Å²) in [6.07, 6.45) is -0.442. The molecule has 1 fully saturated rings. The minimum absolute atomic E-state index is 0.211. The van der Waals surface area contributed by atoms with Crippen LogP contribution in [0, 0.1) is 5.82 Å². The highest BCUT2D eigenvalue weighted by molar-refractivity contribution is 5.79. The molecule has 3 N–H and O–H groups in total. The Kier molecular flexibility index (Phi) is 7.16. The van der Waals surface area contributed by atoms with Gasteiger partial charge in [0.1, 0.15) is 5.82 Å². The molecular weight excluding hydrogens is 419 g/mol. The Hall–Kier alpha value is -2.56. The fourth-order valence-corrected chi connectivity index (χ4v) is 4.48. The maximum absolute atomic E-state index is 14.8. The van der Waals surface area contributed by atoms with Gasteiger partial charge in [0.2, 0.25) is 5.88 Å². The van der Waals surface area contributed by atoms with Crippen LogP contribution in [0.4, 0.5) is 9.18 Å². The van der Waals surface area contributed by atoms with Gasteiger partial charge in [-0.25, -0.2) is 14.2 Å². The molecule has 1 aliphatic heterocycles. The summed E-state index contributed by atoms with van der Waals surface area (Å²) < 4.78 is 20.0. The zero-order valence-electron chi connectivity index (χ0n) is 18.8. The highest BCUT2D eigenvalue weighted by Gasteiger charge is 2.40. The van der Waals surface area contributed by atoms with E-state index < -0.39 is 35.5 Å². The number of methoxy groups -OCH3 is 1. The Bertz CT molecular complexity index is 967. The van der Waals surface area contributed by atoms with Crippen molar-refractivity contribution >= 4 is 17.1 Å². The van der Waals surface area contributed by atoms with Crippen LogP contribution in [0.5, 0.6) is 5.88 Å². The molecule has 0 saturated carbocycles. The van der Waals surface area contributed by atoms with Crippen molar-refractivity contribution in [3.8, 4) is 5.88 Å². The summed E-state index contributed by atoms with van der Waals surface area (Å²) in [7, 11) is 1.47. The number of amides is 1. The fraction of sp³-hybridized carbons (Fsp3) is 0.591. The first-order chi connectivity index (χ1) is 15.1. The van der Waals surface area contributed by atoms with Crippen LogP contribution in [0.2, 0.25) is 0 Å². The average molecular weight is 451 g/mol. The van der Waals surface area contributed by atoms with Gasteiger partial charge in [0, 0.05) is 42.7 Å². The van der Waals surface area contributed by atoms with E-state index in [-0.39, 0.29) is 25.3 Å². The molecule has 10 heteroatoms. The van der Waals surface area contributed by atoms with Gasteiger partial charge in [-0.2, -0.15) is 0 Å². The molecule has 2 aromatic rings. The summed E-state index contributed by atoms with van der Waals surface area (Å²) in [6.45, 7) is 6.04. The highest BCUT2D eigenvalue weighted by atomic mass is 19.1. The minimum Gasteiger partial charge on any atom is -0.481 e. The van der Waals surface area contributed by atoms with Crippen LogP contribution in [0.3, 0.4) is 0 Å². The molecule has 2 aromatic heterocycles. The van der Waals surface area contributed by atoms with Gasteiger partial charge in [-0.05, 0) is 33.3 Å². The van der Waals surface area contributed by atoms with Crippen molar-refractivity contribution in [1.29, 1.82) is 0 Å². The van der Waals surface area contributed by atoms with Gasteiger partial charge in [0.25, 0.3) is 0 Å². The number of carbonyl (C=O) groups is 1. The zero-order chi connectivity index (χ0) is 23.6. The molecule has 0 aromatic carbocycles. The number of β-amino-alcohol motifs (C(OH)–C–C–N with tert-alkyl or cyclic N) is 1. The first-order valence-corrected chi connectivity index (χ1v) is 10.6. The number of aliphatic hydroxyl groups excluding tert-OH is 2. The van der Waals surface area contributed by atoms with E-state index in [1.807, 2.05) is 4.90 Å². The SMILES string of the molecule is COc1ccc2ncc(F)c(C(CO)CN3CC[C@H](N(C(=O)O)C(C)(C)C)[C@H](O)C3)c2n1. The minimum atomic E-state index is -1.08. The Labute approximate surface area is 186 Å². The average Bonchev–Trinajstić information content (AvgIpc) is 2.72. The molecular formula is C22H31FN4O5. The van der Waals surface area contributed by atoms with E-state index in [9.17, 15) is 24.5 Å². The second-order valence-corrected chi connectivity index (χ2v) is 9.13. The standard InChI is InChI=1S/C22H31FN4O5/c1-22(2,3)27(21(30)31)16-7-8-26(11-17(16)29)10-13(12-28)19-14(23)9-24-15-5-6-18(32-4)25-20(15)19/h5-6,9,13,16-17,28-29H,7-8,10-12H2,1-4H3,(H,30,31)/t13?,16-,17+/m0/s1. The summed E-state index contributed by atoms with van der Waals surface area (Å²) in [6, 6.07) is 2.77. The van der Waals surface area contributed by atoms with Gasteiger partial charge in [0.15, 0.2) is 0 Å². The highest BCUT2D eigenvalue weighted by Crippen LogP contribution is 2.30. The predicted octanol–water partition coefficient (Wildman–Crippen LogP) is 2.07. The maximum atomic E-state index is 14.8. The molecule has 0 aliphatic carbocycles. The molecule has 0 bridgehead atoms. The quantitative estimate of drug-likeness (QED) is 0.612. The number of ether oxygens (including phenoxy) is 1. The van der Waals surface area contributed by atoms with Crippen molar-refractivity contribution in [3.05, 3.63) is 29.7 Å². The summed E-state index contributed by atoms with van der Waals surface area (Å²) in [5, 5.41) is 30.5. The number of carboxylic acid groups (broad SMARTS) is 1. The normalized spacial score (nSPS) is 20.8. The van der Waals surface area contributed by atoms with Crippen LogP contribution < -0.4 is 4.74 Å². The number of hydrogen-bond acceptors (Lipinski definition) is 7. The third kappa shape index (κ3) is 4.92. The lowest BCUT2D eigenvalue weighted by Crippen LogP contribution is -2.61. The number of rotatable bonds is 6. The Morgan fingerprint density at radius 1 is 1.41 bits per heavy atom. The monoisotopic (exact) mass is 450 g/mol. The van der Waals surface area contributed by atoms with Crippen LogP contribution in [0.25, 0.3) is 11.0 Å². The lowest BCUT2D eigenvalue weighted by molar-refractivity contribution is -0.0369. The number of piperidine rings is 1. The number of pyridine rings is 2. The van der Waals surface area contributed by atoms with Crippen molar-refractivity contribution in [2.75, 3.05) is 33.4 Å². The third-order valence-corrected chi connectivity index (χ3v) is 5.89.